The van der Waals surface area contributed by atoms with E-state index in [4.69, 9.17) is 20.0 Å². The van der Waals surface area contributed by atoms with E-state index in [1.165, 1.54) is 0 Å². The molecule has 0 aromatic rings. The van der Waals surface area contributed by atoms with Crippen LogP contribution in [0.1, 0.15) is 25.7 Å². The van der Waals surface area contributed by atoms with Crippen LogP contribution in [0, 0.1) is 46.3 Å². The van der Waals surface area contributed by atoms with Gasteiger partial charge in [0.1, 0.15) is 0 Å². The second-order valence-corrected chi connectivity index (χ2v) is 3.20. The predicted octanol–water partition coefficient (Wildman–Crippen LogP) is 0.687. The van der Waals surface area contributed by atoms with Crippen molar-refractivity contribution < 1.29 is 19.1 Å². The summed E-state index contributed by atoms with van der Waals surface area (Å²) in [6, 6.07) is 3.65. The van der Waals surface area contributed by atoms with Gasteiger partial charge in [-0.3, -0.25) is 9.59 Å². The van der Waals surface area contributed by atoms with Gasteiger partial charge in [0.2, 0.25) is 0 Å². The summed E-state index contributed by atoms with van der Waals surface area (Å²) < 4.78 is 9.41. The number of carbonyl (C=O) groups excluding carboxylic acids is 2. The van der Waals surface area contributed by atoms with Crippen molar-refractivity contribution in [3.05, 3.63) is 0 Å². The monoisotopic (exact) mass is 272 g/mol. The van der Waals surface area contributed by atoms with Crippen molar-refractivity contribution in [2.24, 2.45) is 0 Å². The molecular formula is C14H12N2O4. The lowest BCUT2D eigenvalue weighted by Gasteiger charge is -2.01. The molecule has 0 aliphatic carbocycles. The number of nitriles is 2. The second kappa shape index (κ2) is 12.5. The van der Waals surface area contributed by atoms with E-state index < -0.39 is 11.9 Å². The first-order valence-electron chi connectivity index (χ1n) is 5.67. The molecule has 0 fully saturated rings. The van der Waals surface area contributed by atoms with Gasteiger partial charge in [-0.25, -0.2) is 0 Å². The van der Waals surface area contributed by atoms with Gasteiger partial charge in [0.25, 0.3) is 0 Å². The number of nitrogens with zero attached hydrogens (tertiary/aromatic N) is 2. The number of hydrogen-bond acceptors (Lipinski definition) is 6. The molecule has 0 aromatic carbocycles. The molecule has 0 aliphatic rings. The zero-order chi connectivity index (χ0) is 15.1. The highest BCUT2D eigenvalue weighted by Gasteiger charge is 2.07. The lowest BCUT2D eigenvalue weighted by Crippen LogP contribution is -2.10. The molecule has 0 saturated heterocycles. The van der Waals surface area contributed by atoms with E-state index >= 15 is 0 Å². The molecule has 6 heteroatoms. The Balaban J connectivity index is 3.68. The number of ether oxygens (including phenoxy) is 2. The fourth-order valence-electron chi connectivity index (χ4n) is 0.888. The molecular weight excluding hydrogens is 260 g/mol. The molecule has 0 aromatic heterocycles. The molecule has 0 aliphatic heterocycles. The van der Waals surface area contributed by atoms with E-state index in [0.29, 0.717) is 0 Å². The van der Waals surface area contributed by atoms with Gasteiger partial charge in [0.15, 0.2) is 13.2 Å². The summed E-state index contributed by atoms with van der Waals surface area (Å²) in [4.78, 5) is 22.3. The van der Waals surface area contributed by atoms with Gasteiger partial charge in [-0.05, 0) is 0 Å². The quantitative estimate of drug-likeness (QED) is 0.539. The summed E-state index contributed by atoms with van der Waals surface area (Å²) >= 11 is 0. The van der Waals surface area contributed by atoms with Crippen LogP contribution in [-0.2, 0) is 19.1 Å². The zero-order valence-electron chi connectivity index (χ0n) is 10.8. The van der Waals surface area contributed by atoms with Crippen molar-refractivity contribution in [1.82, 2.24) is 0 Å². The zero-order valence-corrected chi connectivity index (χ0v) is 10.8. The fraction of sp³-hybridized carbons (Fsp3) is 0.429. The molecule has 0 saturated carbocycles. The minimum atomic E-state index is -0.566. The molecule has 0 N–H and O–H groups in total. The highest BCUT2D eigenvalue weighted by atomic mass is 16.5. The molecule has 0 spiro atoms. The summed E-state index contributed by atoms with van der Waals surface area (Å²) in [5.41, 5.74) is 0. The maximum atomic E-state index is 11.2. The molecule has 102 valence electrons. The lowest BCUT2D eigenvalue weighted by molar-refractivity contribution is -0.148. The van der Waals surface area contributed by atoms with E-state index in [1.54, 1.807) is 0 Å². The lowest BCUT2D eigenvalue weighted by atomic mass is 10.3. The molecule has 6 nitrogen and oxygen atoms in total. The van der Waals surface area contributed by atoms with E-state index in [2.05, 4.69) is 23.7 Å². The van der Waals surface area contributed by atoms with Gasteiger partial charge in [-0.15, -0.1) is 0 Å². The van der Waals surface area contributed by atoms with Crippen molar-refractivity contribution in [1.29, 1.82) is 10.5 Å². The normalized spacial score (nSPS) is 7.70. The van der Waals surface area contributed by atoms with Crippen LogP contribution in [0.4, 0.5) is 0 Å². The Kier molecular flexibility index (Phi) is 10.6. The molecule has 0 amide bonds. The first-order chi connectivity index (χ1) is 9.70. The molecule has 0 rings (SSSR count). The van der Waals surface area contributed by atoms with Crippen LogP contribution in [0.25, 0.3) is 0 Å². The summed E-state index contributed by atoms with van der Waals surface area (Å²) in [6.07, 6.45) is -0.0534. The van der Waals surface area contributed by atoms with E-state index in [9.17, 15) is 9.59 Å². The van der Waals surface area contributed by atoms with E-state index in [1.807, 2.05) is 12.1 Å². The number of hydrogen-bond donors (Lipinski definition) is 0. The molecule has 0 radical (unpaired) electrons. The van der Waals surface area contributed by atoms with Crippen molar-refractivity contribution in [2.75, 3.05) is 13.2 Å². The first kappa shape index (κ1) is 17.0. The van der Waals surface area contributed by atoms with E-state index in [-0.39, 0.29) is 38.9 Å². The molecule has 0 atom stereocenters. The second-order valence-electron chi connectivity index (χ2n) is 3.20. The molecule has 0 bridgehead atoms. The predicted molar refractivity (Wildman–Crippen MR) is 67.2 cm³/mol. The van der Waals surface area contributed by atoms with Gasteiger partial charge in [0.05, 0.1) is 37.8 Å². The van der Waals surface area contributed by atoms with Crippen molar-refractivity contribution in [2.45, 2.75) is 25.7 Å². The Labute approximate surface area is 117 Å². The Hall–Kier alpha value is -2.96. The topological polar surface area (TPSA) is 100 Å². The summed E-state index contributed by atoms with van der Waals surface area (Å²) in [6.45, 7) is -0.204. The van der Waals surface area contributed by atoms with Crippen molar-refractivity contribution >= 4 is 11.9 Å². The Morgan fingerprint density at radius 2 is 1.15 bits per heavy atom. The van der Waals surface area contributed by atoms with Crippen LogP contribution in [0.3, 0.4) is 0 Å². The molecule has 0 heterocycles. The maximum absolute atomic E-state index is 11.2. The third-order valence-electron chi connectivity index (χ3n) is 1.73. The average Bonchev–Trinajstić information content (AvgIpc) is 2.44. The standard InChI is InChI=1S/C14H12N2O4/c15-9-3-1-5-11-19-13(17)7-8-14(18)20-12-6-2-4-10-16/h3-4,7-8,11-12H2. The average molecular weight is 272 g/mol. The number of carbonyl (C=O) groups is 2. The Bertz CT molecular complexity index is 482. The smallest absolute Gasteiger partial charge is 0.307 e. The molecule has 0 unspecified atom stereocenters. The third kappa shape index (κ3) is 11.5. The van der Waals surface area contributed by atoms with Crippen LogP contribution in [-0.4, -0.2) is 25.2 Å². The van der Waals surface area contributed by atoms with Gasteiger partial charge < -0.3 is 9.47 Å². The van der Waals surface area contributed by atoms with Crippen molar-refractivity contribution in [3.63, 3.8) is 0 Å². The highest BCUT2D eigenvalue weighted by molar-refractivity contribution is 5.77. The minimum absolute atomic E-state index is 0.0801. The van der Waals surface area contributed by atoms with Crippen molar-refractivity contribution in [3.8, 4) is 35.8 Å². The van der Waals surface area contributed by atoms with Gasteiger partial charge in [-0.2, -0.15) is 10.5 Å². The van der Waals surface area contributed by atoms with Crippen LogP contribution in [0.2, 0.25) is 0 Å². The number of esters is 2. The summed E-state index contributed by atoms with van der Waals surface area (Å²) in [7, 11) is 0. The third-order valence-corrected chi connectivity index (χ3v) is 1.73. The van der Waals surface area contributed by atoms with Crippen LogP contribution in [0.15, 0.2) is 0 Å². The highest BCUT2D eigenvalue weighted by Crippen LogP contribution is 1.95. The Morgan fingerprint density at radius 3 is 1.50 bits per heavy atom. The van der Waals surface area contributed by atoms with Gasteiger partial charge >= 0.3 is 11.9 Å². The fourth-order valence-corrected chi connectivity index (χ4v) is 0.888. The van der Waals surface area contributed by atoms with E-state index in [0.717, 1.165) is 0 Å². The number of rotatable bonds is 5. The Morgan fingerprint density at radius 1 is 0.750 bits per heavy atom. The molecule has 20 heavy (non-hydrogen) atoms. The first-order valence-corrected chi connectivity index (χ1v) is 5.67. The maximum Gasteiger partial charge on any atom is 0.307 e. The van der Waals surface area contributed by atoms with Crippen LogP contribution in [0.5, 0.6) is 0 Å². The summed E-state index contributed by atoms with van der Waals surface area (Å²) in [5.74, 6) is 8.80. The van der Waals surface area contributed by atoms with Gasteiger partial charge in [-0.1, -0.05) is 23.7 Å². The SMILES string of the molecule is N#CCC#CCOC(=O)CCC(=O)OCC#CCC#N. The van der Waals surface area contributed by atoms with Crippen LogP contribution < -0.4 is 0 Å². The summed E-state index contributed by atoms with van der Waals surface area (Å²) in [5, 5.41) is 16.4. The van der Waals surface area contributed by atoms with Crippen LogP contribution >= 0.6 is 0 Å². The van der Waals surface area contributed by atoms with Gasteiger partial charge in [0, 0.05) is 0 Å². The largest absolute Gasteiger partial charge is 0.452 e. The minimum Gasteiger partial charge on any atom is -0.452 e.